The van der Waals surface area contributed by atoms with Crippen LogP contribution in [0.15, 0.2) is 18.2 Å². The molecule has 24 heavy (non-hydrogen) atoms. The predicted octanol–water partition coefficient (Wildman–Crippen LogP) is 3.52. The van der Waals surface area contributed by atoms with Gasteiger partial charge in [0.15, 0.2) is 0 Å². The third-order valence-corrected chi connectivity index (χ3v) is 7.86. The van der Waals surface area contributed by atoms with Gasteiger partial charge in [0, 0.05) is 5.41 Å². The molecule has 3 aliphatic rings. The van der Waals surface area contributed by atoms with Crippen molar-refractivity contribution in [1.82, 2.24) is 0 Å². The number of aliphatic hydroxyl groups is 2. The molecule has 3 aliphatic carbocycles. The molecule has 2 saturated carbocycles. The molecule has 3 nitrogen and oxygen atoms in total. The van der Waals surface area contributed by atoms with Crippen LogP contribution in [-0.4, -0.2) is 29.5 Å². The average Bonchev–Trinajstić information content (AvgIpc) is 2.86. The number of hydrogen-bond donors (Lipinski definition) is 2. The van der Waals surface area contributed by atoms with Gasteiger partial charge in [-0.25, -0.2) is 0 Å². The summed E-state index contributed by atoms with van der Waals surface area (Å²) < 4.78 is 5.42. The Labute approximate surface area is 145 Å². The Balaban J connectivity index is 1.73. The molecule has 3 heteroatoms. The van der Waals surface area contributed by atoms with Crippen molar-refractivity contribution in [3.8, 4) is 5.75 Å². The van der Waals surface area contributed by atoms with Crippen LogP contribution in [0.1, 0.15) is 56.6 Å². The summed E-state index contributed by atoms with van der Waals surface area (Å²) in [5, 5.41) is 20.9. The van der Waals surface area contributed by atoms with Gasteiger partial charge in [-0.05, 0) is 79.0 Å². The summed E-state index contributed by atoms with van der Waals surface area (Å²) >= 11 is 0. The molecule has 0 spiro atoms. The number of hydrogen-bond acceptors (Lipinski definition) is 3. The first kappa shape index (κ1) is 16.4. The predicted molar refractivity (Wildman–Crippen MR) is 94.2 cm³/mol. The van der Waals surface area contributed by atoms with Crippen LogP contribution in [0, 0.1) is 23.2 Å². The molecular formula is C21H30O3. The molecule has 4 rings (SSSR count). The summed E-state index contributed by atoms with van der Waals surface area (Å²) in [5.41, 5.74) is 1.92. The second kappa shape index (κ2) is 5.47. The van der Waals surface area contributed by atoms with Gasteiger partial charge in [-0.1, -0.05) is 19.9 Å². The van der Waals surface area contributed by atoms with Crippen LogP contribution >= 0.6 is 0 Å². The Morgan fingerprint density at radius 1 is 1.25 bits per heavy atom. The Bertz CT molecular complexity index is 642. The quantitative estimate of drug-likeness (QED) is 0.872. The fourth-order valence-corrected chi connectivity index (χ4v) is 6.45. The third-order valence-electron chi connectivity index (χ3n) is 7.86. The largest absolute Gasteiger partial charge is 0.497 e. The molecule has 6 atom stereocenters. The van der Waals surface area contributed by atoms with E-state index in [0.717, 1.165) is 37.9 Å². The minimum absolute atomic E-state index is 0.0977. The maximum absolute atomic E-state index is 11.0. The van der Waals surface area contributed by atoms with Gasteiger partial charge in [0.05, 0.1) is 19.3 Å². The van der Waals surface area contributed by atoms with Crippen LogP contribution in [0.3, 0.4) is 0 Å². The van der Waals surface area contributed by atoms with Crippen molar-refractivity contribution in [2.24, 2.45) is 23.2 Å². The Hall–Kier alpha value is -1.06. The van der Waals surface area contributed by atoms with Gasteiger partial charge in [-0.3, -0.25) is 0 Å². The van der Waals surface area contributed by atoms with E-state index in [9.17, 15) is 10.2 Å². The Morgan fingerprint density at radius 3 is 2.75 bits per heavy atom. The molecule has 0 saturated heterocycles. The monoisotopic (exact) mass is 330 g/mol. The second-order valence-corrected chi connectivity index (χ2v) is 8.72. The fraction of sp³-hybridized carbons (Fsp3) is 0.714. The van der Waals surface area contributed by atoms with E-state index >= 15 is 0 Å². The number of aliphatic hydroxyl groups excluding tert-OH is 1. The zero-order chi connectivity index (χ0) is 17.1. The van der Waals surface area contributed by atoms with E-state index in [4.69, 9.17) is 4.74 Å². The fourth-order valence-electron chi connectivity index (χ4n) is 6.45. The van der Waals surface area contributed by atoms with E-state index in [1.54, 1.807) is 7.11 Å². The average molecular weight is 330 g/mol. The zero-order valence-electron chi connectivity index (χ0n) is 15.1. The summed E-state index contributed by atoms with van der Waals surface area (Å²) in [6, 6.07) is 6.58. The summed E-state index contributed by atoms with van der Waals surface area (Å²) in [7, 11) is 1.73. The van der Waals surface area contributed by atoms with Crippen molar-refractivity contribution in [1.29, 1.82) is 0 Å². The molecule has 132 valence electrons. The van der Waals surface area contributed by atoms with Crippen molar-refractivity contribution in [3.05, 3.63) is 29.3 Å². The van der Waals surface area contributed by atoms with Crippen LogP contribution in [0.4, 0.5) is 0 Å². The Kier molecular flexibility index (Phi) is 3.74. The third kappa shape index (κ3) is 2.04. The van der Waals surface area contributed by atoms with Crippen LogP contribution in [0.2, 0.25) is 0 Å². The molecule has 0 unspecified atom stereocenters. The highest BCUT2D eigenvalue weighted by atomic mass is 16.5. The number of methoxy groups -OCH3 is 1. The summed E-state index contributed by atoms with van der Waals surface area (Å²) in [5.74, 6) is 3.29. The van der Waals surface area contributed by atoms with Gasteiger partial charge in [0.2, 0.25) is 0 Å². The molecule has 0 aliphatic heterocycles. The van der Waals surface area contributed by atoms with E-state index < -0.39 is 5.60 Å². The molecular weight excluding hydrogens is 300 g/mol. The highest BCUT2D eigenvalue weighted by molar-refractivity contribution is 5.41. The standard InChI is InChI=1S/C21H30O3/c1-13-10-14-11-15(24-3)4-5-16(14)17-6-8-20(2)18(19(13)17)7-9-21(20,23)12-22/h4-5,11,13,17-19,22-23H,6-10,12H2,1-3H3/t13-,17-,18-,19-,20+,21-/m1/s1. The van der Waals surface area contributed by atoms with E-state index in [2.05, 4.69) is 32.0 Å². The Morgan fingerprint density at radius 2 is 2.04 bits per heavy atom. The lowest BCUT2D eigenvalue weighted by Crippen LogP contribution is -2.53. The number of rotatable bonds is 2. The molecule has 1 aromatic carbocycles. The van der Waals surface area contributed by atoms with E-state index in [-0.39, 0.29) is 12.0 Å². The van der Waals surface area contributed by atoms with Crippen LogP contribution in [-0.2, 0) is 6.42 Å². The maximum atomic E-state index is 11.0. The van der Waals surface area contributed by atoms with Crippen molar-refractivity contribution >= 4 is 0 Å². The van der Waals surface area contributed by atoms with Crippen molar-refractivity contribution in [2.75, 3.05) is 13.7 Å². The smallest absolute Gasteiger partial charge is 0.119 e. The summed E-state index contributed by atoms with van der Waals surface area (Å²) in [4.78, 5) is 0. The van der Waals surface area contributed by atoms with E-state index in [1.165, 1.54) is 11.1 Å². The highest BCUT2D eigenvalue weighted by Crippen LogP contribution is 2.65. The minimum atomic E-state index is -0.886. The molecule has 2 fully saturated rings. The van der Waals surface area contributed by atoms with Crippen molar-refractivity contribution in [3.63, 3.8) is 0 Å². The molecule has 0 aromatic heterocycles. The van der Waals surface area contributed by atoms with Crippen LogP contribution in [0.25, 0.3) is 0 Å². The maximum Gasteiger partial charge on any atom is 0.119 e. The van der Waals surface area contributed by atoms with Gasteiger partial charge in [0.25, 0.3) is 0 Å². The van der Waals surface area contributed by atoms with Gasteiger partial charge in [-0.2, -0.15) is 0 Å². The normalized spacial score (nSPS) is 43.7. The lowest BCUT2D eigenvalue weighted by Gasteiger charge is -2.54. The van der Waals surface area contributed by atoms with Gasteiger partial charge >= 0.3 is 0 Å². The minimum Gasteiger partial charge on any atom is -0.497 e. The molecule has 0 amide bonds. The van der Waals surface area contributed by atoms with Crippen molar-refractivity contribution in [2.45, 2.75) is 57.5 Å². The highest BCUT2D eigenvalue weighted by Gasteiger charge is 2.62. The second-order valence-electron chi connectivity index (χ2n) is 8.72. The van der Waals surface area contributed by atoms with E-state index in [1.807, 2.05) is 0 Å². The lowest BCUT2D eigenvalue weighted by molar-refractivity contribution is -0.132. The first-order chi connectivity index (χ1) is 11.4. The summed E-state index contributed by atoms with van der Waals surface area (Å²) in [6.07, 6.45) is 5.01. The van der Waals surface area contributed by atoms with Gasteiger partial charge in [-0.15, -0.1) is 0 Å². The molecule has 0 bridgehead atoms. The van der Waals surface area contributed by atoms with Gasteiger partial charge < -0.3 is 14.9 Å². The number of fused-ring (bicyclic) bond motifs is 5. The molecule has 0 heterocycles. The number of ether oxygens (including phenoxy) is 1. The first-order valence-corrected chi connectivity index (χ1v) is 9.43. The molecule has 1 aromatic rings. The van der Waals surface area contributed by atoms with Crippen molar-refractivity contribution < 1.29 is 14.9 Å². The van der Waals surface area contributed by atoms with Crippen LogP contribution < -0.4 is 4.74 Å². The van der Waals surface area contributed by atoms with Crippen LogP contribution in [0.5, 0.6) is 5.75 Å². The lowest BCUT2D eigenvalue weighted by atomic mass is 9.51. The SMILES string of the molecule is COc1ccc2c(c1)C[C@@H](C)[C@@H]1[C@@H]2CC[C@@]2(C)[C@@H]1CC[C@@]2(O)CO. The zero-order valence-corrected chi connectivity index (χ0v) is 15.1. The van der Waals surface area contributed by atoms with Gasteiger partial charge in [0.1, 0.15) is 5.75 Å². The topological polar surface area (TPSA) is 49.7 Å². The molecule has 2 N–H and O–H groups in total. The first-order valence-electron chi connectivity index (χ1n) is 9.43. The van der Waals surface area contributed by atoms with E-state index in [0.29, 0.717) is 23.7 Å². The molecule has 0 radical (unpaired) electrons. The summed E-state index contributed by atoms with van der Waals surface area (Å²) in [6.45, 7) is 4.51. The number of benzene rings is 1.